The van der Waals surface area contributed by atoms with Crippen molar-refractivity contribution >= 4 is 11.6 Å². The van der Waals surface area contributed by atoms with Gasteiger partial charge in [-0.05, 0) is 42.5 Å². The highest BCUT2D eigenvalue weighted by molar-refractivity contribution is 6.31. The van der Waals surface area contributed by atoms with Crippen LogP contribution in [0, 0.1) is 6.92 Å². The fraction of sp³-hybridized carbons (Fsp3) is 0.333. The Kier molecular flexibility index (Phi) is 6.87. The second-order valence-corrected chi connectivity index (χ2v) is 5.89. The summed E-state index contributed by atoms with van der Waals surface area (Å²) >= 11 is 6.05. The molecule has 22 heavy (non-hydrogen) atoms. The number of hydrazine groups is 1. The maximum Gasteiger partial charge on any atom is 0.0716 e. The number of benzene rings is 2. The van der Waals surface area contributed by atoms with Crippen LogP contribution in [0.15, 0.2) is 48.5 Å². The number of hydrogen-bond donors (Lipinski definition) is 2. The molecule has 0 radical (unpaired) electrons. The van der Waals surface area contributed by atoms with E-state index in [9.17, 15) is 0 Å². The molecule has 0 heterocycles. The van der Waals surface area contributed by atoms with E-state index in [1.807, 2.05) is 37.3 Å². The summed E-state index contributed by atoms with van der Waals surface area (Å²) in [5, 5.41) is 0.798. The number of hydrogen-bond acceptors (Lipinski definition) is 3. The molecule has 0 amide bonds. The molecule has 1 unspecified atom stereocenters. The first-order chi connectivity index (χ1) is 10.7. The van der Waals surface area contributed by atoms with E-state index >= 15 is 0 Å². The van der Waals surface area contributed by atoms with E-state index in [0.29, 0.717) is 13.2 Å². The molecule has 0 bridgehead atoms. The topological polar surface area (TPSA) is 47.3 Å². The van der Waals surface area contributed by atoms with Crippen LogP contribution in [-0.2, 0) is 17.8 Å². The molecule has 0 saturated heterocycles. The fourth-order valence-electron chi connectivity index (χ4n) is 2.35. The van der Waals surface area contributed by atoms with E-state index < -0.39 is 0 Å². The normalized spacial score (nSPS) is 12.3. The third-order valence-electron chi connectivity index (χ3n) is 3.66. The molecule has 3 N–H and O–H groups in total. The zero-order valence-corrected chi connectivity index (χ0v) is 13.6. The first kappa shape index (κ1) is 17.0. The zero-order chi connectivity index (χ0) is 15.8. The van der Waals surface area contributed by atoms with Crippen LogP contribution in [0.5, 0.6) is 0 Å². The lowest BCUT2D eigenvalue weighted by Crippen LogP contribution is -2.37. The number of nitrogens with one attached hydrogen (secondary N) is 1. The SMILES string of the molecule is Cc1cc(CC(CCOCc2ccccc2)NN)ccc1Cl. The van der Waals surface area contributed by atoms with Crippen molar-refractivity contribution in [2.45, 2.75) is 32.4 Å². The first-order valence-electron chi connectivity index (χ1n) is 7.52. The van der Waals surface area contributed by atoms with E-state index in [-0.39, 0.29) is 6.04 Å². The molecule has 0 fully saturated rings. The van der Waals surface area contributed by atoms with Crippen LogP contribution in [0.25, 0.3) is 0 Å². The average Bonchev–Trinajstić information content (AvgIpc) is 2.54. The smallest absolute Gasteiger partial charge is 0.0716 e. The Labute approximate surface area is 137 Å². The molecule has 0 saturated carbocycles. The van der Waals surface area contributed by atoms with E-state index in [0.717, 1.165) is 23.4 Å². The number of aryl methyl sites for hydroxylation is 1. The van der Waals surface area contributed by atoms with Gasteiger partial charge in [-0.15, -0.1) is 0 Å². The van der Waals surface area contributed by atoms with E-state index in [1.54, 1.807) is 0 Å². The highest BCUT2D eigenvalue weighted by Crippen LogP contribution is 2.17. The molecule has 1 atom stereocenters. The highest BCUT2D eigenvalue weighted by atomic mass is 35.5. The largest absolute Gasteiger partial charge is 0.377 e. The first-order valence-corrected chi connectivity index (χ1v) is 7.89. The van der Waals surface area contributed by atoms with Crippen molar-refractivity contribution in [1.82, 2.24) is 5.43 Å². The summed E-state index contributed by atoms with van der Waals surface area (Å²) in [5.41, 5.74) is 6.38. The second-order valence-electron chi connectivity index (χ2n) is 5.48. The predicted octanol–water partition coefficient (Wildman–Crippen LogP) is 3.63. The van der Waals surface area contributed by atoms with Crippen LogP contribution in [0.4, 0.5) is 0 Å². The Hall–Kier alpha value is -1.39. The van der Waals surface area contributed by atoms with Gasteiger partial charge in [-0.25, -0.2) is 0 Å². The third-order valence-corrected chi connectivity index (χ3v) is 4.09. The van der Waals surface area contributed by atoms with Gasteiger partial charge in [0, 0.05) is 17.7 Å². The van der Waals surface area contributed by atoms with Gasteiger partial charge in [0.2, 0.25) is 0 Å². The van der Waals surface area contributed by atoms with Gasteiger partial charge < -0.3 is 4.74 Å². The van der Waals surface area contributed by atoms with Crippen molar-refractivity contribution in [2.75, 3.05) is 6.61 Å². The number of nitrogens with two attached hydrogens (primary N) is 1. The van der Waals surface area contributed by atoms with Gasteiger partial charge in [0.1, 0.15) is 0 Å². The Bertz CT molecular complexity index is 575. The summed E-state index contributed by atoms with van der Waals surface area (Å²) in [7, 11) is 0. The standard InChI is InChI=1S/C18H23ClN2O/c1-14-11-16(7-8-18(14)19)12-17(21-20)9-10-22-13-15-5-3-2-4-6-15/h2-8,11,17,21H,9-10,12-13,20H2,1H3. The monoisotopic (exact) mass is 318 g/mol. The Morgan fingerprint density at radius 2 is 1.91 bits per heavy atom. The number of halogens is 1. The summed E-state index contributed by atoms with van der Waals surface area (Å²) in [6.07, 6.45) is 1.73. The maximum absolute atomic E-state index is 6.05. The lowest BCUT2D eigenvalue weighted by Gasteiger charge is -2.16. The van der Waals surface area contributed by atoms with E-state index in [4.69, 9.17) is 22.2 Å². The Morgan fingerprint density at radius 1 is 1.14 bits per heavy atom. The quantitative estimate of drug-likeness (QED) is 0.444. The summed E-state index contributed by atoms with van der Waals surface area (Å²) < 4.78 is 5.72. The van der Waals surface area contributed by atoms with Gasteiger partial charge in [-0.1, -0.05) is 54.1 Å². The minimum Gasteiger partial charge on any atom is -0.377 e. The average molecular weight is 319 g/mol. The van der Waals surface area contributed by atoms with Crippen molar-refractivity contribution in [3.05, 3.63) is 70.2 Å². The van der Waals surface area contributed by atoms with Crippen molar-refractivity contribution < 1.29 is 4.74 Å². The number of ether oxygens (including phenoxy) is 1. The van der Waals surface area contributed by atoms with Gasteiger partial charge in [0.15, 0.2) is 0 Å². The van der Waals surface area contributed by atoms with Crippen molar-refractivity contribution in [1.29, 1.82) is 0 Å². The molecular formula is C18H23ClN2O. The Morgan fingerprint density at radius 3 is 2.59 bits per heavy atom. The summed E-state index contributed by atoms with van der Waals surface area (Å²) in [6, 6.07) is 16.5. The van der Waals surface area contributed by atoms with Gasteiger partial charge in [0.25, 0.3) is 0 Å². The Balaban J connectivity index is 1.76. The fourth-order valence-corrected chi connectivity index (χ4v) is 2.47. The molecule has 0 aromatic heterocycles. The zero-order valence-electron chi connectivity index (χ0n) is 12.9. The molecule has 0 aliphatic carbocycles. The van der Waals surface area contributed by atoms with Crippen molar-refractivity contribution in [3.8, 4) is 0 Å². The van der Waals surface area contributed by atoms with Crippen molar-refractivity contribution in [2.24, 2.45) is 5.84 Å². The van der Waals surface area contributed by atoms with Gasteiger partial charge >= 0.3 is 0 Å². The summed E-state index contributed by atoms with van der Waals surface area (Å²) in [6.45, 7) is 3.33. The van der Waals surface area contributed by atoms with E-state index in [2.05, 4.69) is 23.6 Å². The van der Waals surface area contributed by atoms with Crippen LogP contribution in [0.3, 0.4) is 0 Å². The van der Waals surface area contributed by atoms with Crippen LogP contribution < -0.4 is 11.3 Å². The second kappa shape index (κ2) is 8.91. The molecule has 3 nitrogen and oxygen atoms in total. The molecule has 118 valence electrons. The summed E-state index contributed by atoms with van der Waals surface area (Å²) in [4.78, 5) is 0. The van der Waals surface area contributed by atoms with Crippen molar-refractivity contribution in [3.63, 3.8) is 0 Å². The van der Waals surface area contributed by atoms with Gasteiger partial charge in [-0.2, -0.15) is 0 Å². The molecule has 4 heteroatoms. The molecule has 2 rings (SSSR count). The molecule has 0 aliphatic heterocycles. The van der Waals surface area contributed by atoms with Crippen LogP contribution >= 0.6 is 11.6 Å². The van der Waals surface area contributed by atoms with Crippen LogP contribution in [-0.4, -0.2) is 12.6 Å². The highest BCUT2D eigenvalue weighted by Gasteiger charge is 2.09. The molecule has 2 aromatic carbocycles. The lowest BCUT2D eigenvalue weighted by molar-refractivity contribution is 0.111. The predicted molar refractivity (Wildman–Crippen MR) is 91.7 cm³/mol. The number of rotatable bonds is 8. The van der Waals surface area contributed by atoms with Gasteiger partial charge in [-0.3, -0.25) is 11.3 Å². The molecule has 0 spiro atoms. The van der Waals surface area contributed by atoms with Crippen LogP contribution in [0.2, 0.25) is 5.02 Å². The lowest BCUT2D eigenvalue weighted by atomic mass is 10.0. The molecular weight excluding hydrogens is 296 g/mol. The van der Waals surface area contributed by atoms with E-state index in [1.165, 1.54) is 11.1 Å². The molecule has 0 aliphatic rings. The maximum atomic E-state index is 6.05. The van der Waals surface area contributed by atoms with Crippen LogP contribution in [0.1, 0.15) is 23.1 Å². The molecule has 2 aromatic rings. The minimum absolute atomic E-state index is 0.191. The van der Waals surface area contributed by atoms with Gasteiger partial charge in [0.05, 0.1) is 6.61 Å². The minimum atomic E-state index is 0.191. The summed E-state index contributed by atoms with van der Waals surface area (Å²) in [5.74, 6) is 5.65. The third kappa shape index (κ3) is 5.43.